The van der Waals surface area contributed by atoms with Crippen molar-refractivity contribution < 1.29 is 14.3 Å². The first-order chi connectivity index (χ1) is 18.2. The number of benzene rings is 2. The Hall–Kier alpha value is -2.41. The first-order valence-electron chi connectivity index (χ1n) is 14.3. The SMILES string of the molecule is CO[C@H]1CN(CCCCCC(=O)O[C@H]2CN3CCC2CC3)CC[C@H]1N(c1ccccc1)c1ccccc1. The van der Waals surface area contributed by atoms with Crippen LogP contribution in [0.25, 0.3) is 0 Å². The maximum atomic E-state index is 12.4. The molecule has 0 radical (unpaired) electrons. The molecule has 4 aliphatic rings. The van der Waals surface area contributed by atoms with Gasteiger partial charge in [-0.1, -0.05) is 42.8 Å². The van der Waals surface area contributed by atoms with Crippen LogP contribution in [0.15, 0.2) is 60.7 Å². The molecule has 0 N–H and O–H groups in total. The molecule has 4 aliphatic heterocycles. The Bertz CT molecular complexity index is 925. The molecule has 0 amide bonds. The molecule has 4 fully saturated rings. The van der Waals surface area contributed by atoms with Gasteiger partial charge < -0.3 is 19.3 Å². The van der Waals surface area contributed by atoms with Crippen molar-refractivity contribution in [1.82, 2.24) is 9.80 Å². The van der Waals surface area contributed by atoms with Gasteiger partial charge in [-0.05, 0) is 81.9 Å². The van der Waals surface area contributed by atoms with Crippen LogP contribution in [0.5, 0.6) is 0 Å². The first kappa shape index (κ1) is 26.2. The van der Waals surface area contributed by atoms with Crippen LogP contribution in [-0.4, -0.2) is 80.4 Å². The van der Waals surface area contributed by atoms with Crippen molar-refractivity contribution >= 4 is 17.3 Å². The van der Waals surface area contributed by atoms with E-state index in [0.29, 0.717) is 12.3 Å². The van der Waals surface area contributed by atoms with Crippen molar-refractivity contribution in [2.75, 3.05) is 51.3 Å². The fourth-order valence-electron chi connectivity index (χ4n) is 6.46. The van der Waals surface area contributed by atoms with Gasteiger partial charge in [0.05, 0.1) is 12.1 Å². The van der Waals surface area contributed by atoms with Crippen LogP contribution in [0.2, 0.25) is 0 Å². The molecule has 2 aromatic carbocycles. The molecule has 37 heavy (non-hydrogen) atoms. The Labute approximate surface area is 222 Å². The number of piperidine rings is 4. The summed E-state index contributed by atoms with van der Waals surface area (Å²) >= 11 is 0. The standard InChI is InChI=1S/C31H43N3O3/c1-36-30-24-32(19-10-4-9-15-31(35)37-29-23-33-20-16-25(29)17-21-33)22-18-28(30)34(26-11-5-2-6-12-26)27-13-7-3-8-14-27/h2-3,5-8,11-14,25,28-30H,4,9-10,15-24H2,1H3/t28-,29+,30+/m1/s1. The summed E-state index contributed by atoms with van der Waals surface area (Å²) in [6.45, 7) is 6.34. The number of carbonyl (C=O) groups is 1. The molecule has 200 valence electrons. The van der Waals surface area contributed by atoms with Gasteiger partial charge in [0.1, 0.15) is 6.10 Å². The van der Waals surface area contributed by atoms with E-state index in [9.17, 15) is 4.79 Å². The summed E-state index contributed by atoms with van der Waals surface area (Å²) in [6, 6.07) is 21.6. The molecule has 6 nitrogen and oxygen atoms in total. The second kappa shape index (κ2) is 12.9. The average molecular weight is 506 g/mol. The fraction of sp³-hybridized carbons (Fsp3) is 0.581. The predicted octanol–water partition coefficient (Wildman–Crippen LogP) is 5.11. The van der Waals surface area contributed by atoms with Gasteiger partial charge in [-0.3, -0.25) is 9.69 Å². The lowest BCUT2D eigenvalue weighted by atomic mass is 9.86. The highest BCUT2D eigenvalue weighted by atomic mass is 16.5. The van der Waals surface area contributed by atoms with E-state index in [1.165, 1.54) is 37.3 Å². The van der Waals surface area contributed by atoms with Crippen molar-refractivity contribution in [3.8, 4) is 0 Å². The van der Waals surface area contributed by atoms with Gasteiger partial charge in [-0.15, -0.1) is 0 Å². The number of rotatable bonds is 11. The topological polar surface area (TPSA) is 45.2 Å². The summed E-state index contributed by atoms with van der Waals surface area (Å²) in [5.41, 5.74) is 2.42. The third-order valence-electron chi connectivity index (χ3n) is 8.55. The minimum Gasteiger partial charge on any atom is -0.461 e. The lowest BCUT2D eigenvalue weighted by Gasteiger charge is -2.44. The lowest BCUT2D eigenvalue weighted by molar-refractivity contribution is -0.158. The maximum absolute atomic E-state index is 12.4. The van der Waals surface area contributed by atoms with E-state index in [1.807, 2.05) is 7.11 Å². The Morgan fingerprint density at radius 1 is 0.838 bits per heavy atom. The van der Waals surface area contributed by atoms with Crippen LogP contribution < -0.4 is 4.90 Å². The predicted molar refractivity (Wildman–Crippen MR) is 148 cm³/mol. The molecule has 3 atom stereocenters. The minimum absolute atomic E-state index is 0.000858. The molecule has 0 aliphatic carbocycles. The number of para-hydroxylation sites is 2. The maximum Gasteiger partial charge on any atom is 0.306 e. The quantitative estimate of drug-likeness (QED) is 0.312. The van der Waals surface area contributed by atoms with Crippen molar-refractivity contribution in [2.45, 2.75) is 63.2 Å². The van der Waals surface area contributed by atoms with Gasteiger partial charge in [0, 0.05) is 44.5 Å². The second-order valence-electron chi connectivity index (χ2n) is 10.9. The number of hydrogen-bond acceptors (Lipinski definition) is 6. The molecule has 2 bridgehead atoms. The molecule has 0 spiro atoms. The van der Waals surface area contributed by atoms with Crippen LogP contribution in [0, 0.1) is 5.92 Å². The van der Waals surface area contributed by atoms with Gasteiger partial charge in [0.25, 0.3) is 0 Å². The second-order valence-corrected chi connectivity index (χ2v) is 10.9. The summed E-state index contributed by atoms with van der Waals surface area (Å²) < 4.78 is 11.9. The van der Waals surface area contributed by atoms with Crippen molar-refractivity contribution in [3.05, 3.63) is 60.7 Å². The summed E-state index contributed by atoms with van der Waals surface area (Å²) in [5.74, 6) is 0.589. The summed E-state index contributed by atoms with van der Waals surface area (Å²) in [7, 11) is 1.84. The fourth-order valence-corrected chi connectivity index (χ4v) is 6.46. The Morgan fingerprint density at radius 3 is 2.11 bits per heavy atom. The van der Waals surface area contributed by atoms with Crippen LogP contribution in [0.1, 0.15) is 44.9 Å². The van der Waals surface area contributed by atoms with Crippen molar-refractivity contribution in [1.29, 1.82) is 0 Å². The van der Waals surface area contributed by atoms with Gasteiger partial charge in [0.15, 0.2) is 0 Å². The normalized spacial score (nSPS) is 27.6. The van der Waals surface area contributed by atoms with Gasteiger partial charge >= 0.3 is 5.97 Å². The van der Waals surface area contributed by atoms with Crippen LogP contribution in [0.4, 0.5) is 11.4 Å². The smallest absolute Gasteiger partial charge is 0.306 e. The number of likely N-dealkylation sites (tertiary alicyclic amines) is 1. The largest absolute Gasteiger partial charge is 0.461 e. The van der Waals surface area contributed by atoms with E-state index in [-0.39, 0.29) is 24.2 Å². The molecule has 4 saturated heterocycles. The number of hydrogen-bond donors (Lipinski definition) is 0. The van der Waals surface area contributed by atoms with E-state index < -0.39 is 0 Å². The van der Waals surface area contributed by atoms with Gasteiger partial charge in [0.2, 0.25) is 0 Å². The number of ether oxygens (including phenoxy) is 2. The highest BCUT2D eigenvalue weighted by Gasteiger charge is 2.36. The molecule has 0 aromatic heterocycles. The third-order valence-corrected chi connectivity index (χ3v) is 8.55. The minimum atomic E-state index is 0.000858. The van der Waals surface area contributed by atoms with E-state index in [0.717, 1.165) is 51.9 Å². The van der Waals surface area contributed by atoms with Crippen LogP contribution in [-0.2, 0) is 14.3 Å². The monoisotopic (exact) mass is 505 g/mol. The lowest BCUT2D eigenvalue weighted by Crippen LogP contribution is -2.54. The Morgan fingerprint density at radius 2 is 1.51 bits per heavy atom. The van der Waals surface area contributed by atoms with E-state index in [1.54, 1.807) is 0 Å². The molecular weight excluding hydrogens is 462 g/mol. The molecular formula is C31H43N3O3. The van der Waals surface area contributed by atoms with E-state index >= 15 is 0 Å². The zero-order valence-corrected chi connectivity index (χ0v) is 22.3. The summed E-state index contributed by atoms with van der Waals surface area (Å²) in [6.07, 6.45) is 7.32. The molecule has 6 rings (SSSR count). The number of esters is 1. The number of nitrogens with zero attached hydrogens (tertiary/aromatic N) is 3. The van der Waals surface area contributed by atoms with Crippen LogP contribution in [0.3, 0.4) is 0 Å². The van der Waals surface area contributed by atoms with Gasteiger partial charge in [-0.25, -0.2) is 0 Å². The molecule has 4 heterocycles. The highest BCUT2D eigenvalue weighted by Crippen LogP contribution is 2.33. The molecule has 2 aromatic rings. The number of fused-ring (bicyclic) bond motifs is 3. The van der Waals surface area contributed by atoms with Crippen molar-refractivity contribution in [3.63, 3.8) is 0 Å². The summed E-state index contributed by atoms with van der Waals surface area (Å²) in [5, 5.41) is 0. The number of carbonyl (C=O) groups excluding carboxylic acids is 1. The summed E-state index contributed by atoms with van der Waals surface area (Å²) in [4.78, 5) is 19.8. The molecule has 0 saturated carbocycles. The van der Waals surface area contributed by atoms with Crippen LogP contribution >= 0.6 is 0 Å². The van der Waals surface area contributed by atoms with E-state index in [4.69, 9.17) is 9.47 Å². The highest BCUT2D eigenvalue weighted by molar-refractivity contribution is 5.69. The number of anilines is 2. The number of methoxy groups -OCH3 is 1. The zero-order chi connectivity index (χ0) is 25.5. The first-order valence-corrected chi connectivity index (χ1v) is 14.3. The zero-order valence-electron chi connectivity index (χ0n) is 22.3. The van der Waals surface area contributed by atoms with Crippen molar-refractivity contribution in [2.24, 2.45) is 5.92 Å². The molecule has 6 heteroatoms. The Balaban J connectivity index is 1.07. The number of unbranched alkanes of at least 4 members (excludes halogenated alkanes) is 2. The third kappa shape index (κ3) is 6.73. The van der Waals surface area contributed by atoms with Gasteiger partial charge in [-0.2, -0.15) is 0 Å². The Kier molecular flexibility index (Phi) is 9.14. The average Bonchev–Trinajstić information content (AvgIpc) is 2.95. The molecule has 0 unspecified atom stereocenters. The van der Waals surface area contributed by atoms with E-state index in [2.05, 4.69) is 75.4 Å².